The Morgan fingerprint density at radius 1 is 1.18 bits per heavy atom. The number of esters is 3. The molecule has 8 atom stereocenters. The number of hydrogen-bond donors (Lipinski definition) is 0. The predicted octanol–water partition coefficient (Wildman–Crippen LogP) is 5.75. The number of cyclic esters (lactones) is 1. The minimum Gasteiger partial charge on any atom is -0.472 e. The number of ketones is 1. The highest BCUT2D eigenvalue weighted by atomic mass is 16.6. The second kappa shape index (κ2) is 9.88. The number of hydrogen-bond acceptors (Lipinski definition) is 8. The second-order valence-electron chi connectivity index (χ2n) is 13.4. The Labute approximate surface area is 236 Å². The van der Waals surface area contributed by atoms with Crippen LogP contribution in [-0.4, -0.2) is 36.9 Å². The van der Waals surface area contributed by atoms with Gasteiger partial charge < -0.3 is 18.6 Å². The van der Waals surface area contributed by atoms with E-state index in [1.165, 1.54) is 7.11 Å². The Morgan fingerprint density at radius 2 is 1.90 bits per heavy atom. The summed E-state index contributed by atoms with van der Waals surface area (Å²) < 4.78 is 22.6. The number of carbonyl (C=O) groups excluding carboxylic acids is 4. The van der Waals surface area contributed by atoms with Crippen molar-refractivity contribution >= 4 is 23.7 Å². The molecule has 2 saturated carbocycles. The molecule has 1 aromatic rings. The van der Waals surface area contributed by atoms with Gasteiger partial charge in [0.15, 0.2) is 0 Å². The van der Waals surface area contributed by atoms with Crippen LogP contribution in [0.2, 0.25) is 0 Å². The van der Waals surface area contributed by atoms with Gasteiger partial charge in [0, 0.05) is 28.2 Å². The van der Waals surface area contributed by atoms with E-state index in [0.717, 1.165) is 29.6 Å². The van der Waals surface area contributed by atoms with Gasteiger partial charge >= 0.3 is 17.9 Å². The Balaban J connectivity index is 1.67. The zero-order chi connectivity index (χ0) is 29.2. The van der Waals surface area contributed by atoms with E-state index < -0.39 is 40.3 Å². The number of methoxy groups -OCH3 is 1. The van der Waals surface area contributed by atoms with Gasteiger partial charge in [-0.15, -0.1) is 0 Å². The van der Waals surface area contributed by atoms with Gasteiger partial charge in [0.1, 0.15) is 18.0 Å². The van der Waals surface area contributed by atoms with Crippen molar-refractivity contribution in [2.24, 2.45) is 39.9 Å². The molecule has 0 aromatic carbocycles. The van der Waals surface area contributed by atoms with E-state index in [1.807, 2.05) is 40.7 Å². The van der Waals surface area contributed by atoms with Crippen molar-refractivity contribution in [3.05, 3.63) is 35.3 Å². The molecule has 0 N–H and O–H groups in total. The normalized spacial score (nSPS) is 37.1. The van der Waals surface area contributed by atoms with E-state index in [4.69, 9.17) is 18.6 Å². The van der Waals surface area contributed by atoms with E-state index in [9.17, 15) is 19.2 Å². The summed E-state index contributed by atoms with van der Waals surface area (Å²) in [5.74, 6) is -2.39. The summed E-state index contributed by atoms with van der Waals surface area (Å²) >= 11 is 0. The first-order valence-corrected chi connectivity index (χ1v) is 14.6. The third kappa shape index (κ3) is 4.07. The van der Waals surface area contributed by atoms with E-state index in [2.05, 4.69) is 6.92 Å². The van der Waals surface area contributed by atoms with Crippen molar-refractivity contribution in [3.8, 4) is 0 Å². The highest BCUT2D eigenvalue weighted by molar-refractivity contribution is 5.92. The molecule has 8 heteroatoms. The van der Waals surface area contributed by atoms with Crippen molar-refractivity contribution in [2.45, 2.75) is 92.3 Å². The van der Waals surface area contributed by atoms with Crippen LogP contribution in [0.5, 0.6) is 0 Å². The first kappa shape index (κ1) is 28.6. The lowest BCUT2D eigenvalue weighted by Gasteiger charge is -2.63. The first-order valence-electron chi connectivity index (χ1n) is 14.6. The smallest absolute Gasteiger partial charge is 0.310 e. The number of Topliss-reactive ketones (excluding diaryl/α,β-unsaturated/α-hetero) is 1. The number of carbonyl (C=O) groups is 4. The Morgan fingerprint density at radius 3 is 2.52 bits per heavy atom. The van der Waals surface area contributed by atoms with Crippen LogP contribution in [-0.2, 0) is 33.4 Å². The van der Waals surface area contributed by atoms with Crippen LogP contribution in [0.15, 0.2) is 34.2 Å². The number of rotatable bonds is 6. The minimum absolute atomic E-state index is 0.0467. The average molecular weight is 555 g/mol. The van der Waals surface area contributed by atoms with Gasteiger partial charge in [0.2, 0.25) is 0 Å². The molecule has 2 bridgehead atoms. The van der Waals surface area contributed by atoms with Gasteiger partial charge in [0.05, 0.1) is 37.9 Å². The van der Waals surface area contributed by atoms with E-state index in [0.29, 0.717) is 12.8 Å². The lowest BCUT2D eigenvalue weighted by Crippen LogP contribution is -2.66. The van der Waals surface area contributed by atoms with E-state index in [-0.39, 0.29) is 48.4 Å². The lowest BCUT2D eigenvalue weighted by atomic mass is 9.40. The second-order valence-corrected chi connectivity index (χ2v) is 13.4. The predicted molar refractivity (Wildman–Crippen MR) is 144 cm³/mol. The van der Waals surface area contributed by atoms with Gasteiger partial charge in [-0.3, -0.25) is 19.2 Å². The summed E-state index contributed by atoms with van der Waals surface area (Å²) in [6, 6.07) is 1.84. The van der Waals surface area contributed by atoms with Gasteiger partial charge in [0.25, 0.3) is 0 Å². The van der Waals surface area contributed by atoms with E-state index in [1.54, 1.807) is 12.5 Å². The molecule has 1 aromatic heterocycles. The largest absolute Gasteiger partial charge is 0.472 e. The summed E-state index contributed by atoms with van der Waals surface area (Å²) in [5, 5.41) is 0. The van der Waals surface area contributed by atoms with Crippen LogP contribution in [0.4, 0.5) is 0 Å². The fourth-order valence-electron chi connectivity index (χ4n) is 8.60. The maximum Gasteiger partial charge on any atom is 0.310 e. The molecule has 0 amide bonds. The number of allylic oxidation sites excluding steroid dienone is 1. The standard InChI is InChI=1S/C32H42O8/c1-8-17(2)29(36)40-28-20-13-19-21(32(6,26(20)35)23(30(28,3)4)15-24(33)37-7)9-11-31(5)22(19)14-25(34)39-27(31)18-10-12-38-16-18/h10,12,16-17,20-21,23,27-28H,8-9,11,13-15H2,1-7H3/t17?,20-,21?,23-,27-,28?,31+,32?/m0/s1. The molecule has 40 heavy (non-hydrogen) atoms. The fraction of sp³-hybridized carbons (Fsp3) is 0.688. The molecule has 0 spiro atoms. The van der Waals surface area contributed by atoms with Crippen molar-refractivity contribution in [1.82, 2.24) is 0 Å². The summed E-state index contributed by atoms with van der Waals surface area (Å²) in [7, 11) is 1.36. The Bertz CT molecular complexity index is 1240. The minimum atomic E-state index is -0.879. The molecule has 5 rings (SSSR count). The highest BCUT2D eigenvalue weighted by Crippen LogP contribution is 2.68. The van der Waals surface area contributed by atoms with Crippen LogP contribution in [0, 0.1) is 39.9 Å². The number of fused-ring (bicyclic) bond motifs is 5. The van der Waals surface area contributed by atoms with Gasteiger partial charge in [-0.1, -0.05) is 47.1 Å². The summed E-state index contributed by atoms with van der Waals surface area (Å²) in [6.07, 6.45) is 4.74. The van der Waals surface area contributed by atoms with Crippen molar-refractivity contribution in [3.63, 3.8) is 0 Å². The Hall–Kier alpha value is -2.90. The van der Waals surface area contributed by atoms with Crippen LogP contribution >= 0.6 is 0 Å². The molecule has 1 aliphatic heterocycles. The maximum atomic E-state index is 14.5. The van der Waals surface area contributed by atoms with Crippen LogP contribution in [0.3, 0.4) is 0 Å². The number of ether oxygens (including phenoxy) is 3. The highest BCUT2D eigenvalue weighted by Gasteiger charge is 2.68. The van der Waals surface area contributed by atoms with Crippen molar-refractivity contribution in [1.29, 1.82) is 0 Å². The van der Waals surface area contributed by atoms with Crippen LogP contribution in [0.1, 0.15) is 91.7 Å². The molecule has 4 unspecified atom stereocenters. The van der Waals surface area contributed by atoms with E-state index >= 15 is 0 Å². The monoisotopic (exact) mass is 554 g/mol. The SMILES string of the molecule is CCC(C)C(=O)OC1[C@H]2CC3=C4CC(=O)O[C@@H](c5ccoc5)[C@]4(C)CCC3C(C)(C2=O)[C@@H](CC(=O)OC)C1(C)C. The van der Waals surface area contributed by atoms with Crippen molar-refractivity contribution < 1.29 is 37.8 Å². The molecule has 0 radical (unpaired) electrons. The molecule has 1 saturated heterocycles. The zero-order valence-electron chi connectivity index (χ0n) is 24.7. The van der Waals surface area contributed by atoms with Gasteiger partial charge in [-0.05, 0) is 49.2 Å². The van der Waals surface area contributed by atoms with Crippen LogP contribution < -0.4 is 0 Å². The average Bonchev–Trinajstić information content (AvgIpc) is 3.45. The number of furan rings is 1. The van der Waals surface area contributed by atoms with Crippen molar-refractivity contribution in [2.75, 3.05) is 7.11 Å². The first-order chi connectivity index (χ1) is 18.8. The molecular formula is C32H42O8. The van der Waals surface area contributed by atoms with Gasteiger partial charge in [-0.25, -0.2) is 0 Å². The molecule has 3 aliphatic carbocycles. The molecular weight excluding hydrogens is 512 g/mol. The summed E-state index contributed by atoms with van der Waals surface area (Å²) in [5.41, 5.74) is 0.947. The summed E-state index contributed by atoms with van der Waals surface area (Å²) in [6.45, 7) is 11.9. The summed E-state index contributed by atoms with van der Waals surface area (Å²) in [4.78, 5) is 53.4. The topological polar surface area (TPSA) is 109 Å². The molecule has 2 heterocycles. The molecule has 4 aliphatic rings. The Kier molecular flexibility index (Phi) is 7.07. The molecule has 218 valence electrons. The van der Waals surface area contributed by atoms with Crippen LogP contribution in [0.25, 0.3) is 0 Å². The lowest BCUT2D eigenvalue weighted by molar-refractivity contribution is -0.200. The third-order valence-corrected chi connectivity index (χ3v) is 11.1. The molecule has 8 nitrogen and oxygen atoms in total. The quantitative estimate of drug-likeness (QED) is 0.248. The zero-order valence-corrected chi connectivity index (χ0v) is 24.7. The maximum absolute atomic E-state index is 14.5. The van der Waals surface area contributed by atoms with Gasteiger partial charge in [-0.2, -0.15) is 0 Å². The fourth-order valence-corrected chi connectivity index (χ4v) is 8.60. The molecule has 3 fully saturated rings. The third-order valence-electron chi connectivity index (χ3n) is 11.1.